The van der Waals surface area contributed by atoms with E-state index in [0.29, 0.717) is 5.88 Å². The van der Waals surface area contributed by atoms with Gasteiger partial charge in [-0.15, -0.1) is 23.4 Å². The first-order chi connectivity index (χ1) is 9.19. The zero-order valence-electron chi connectivity index (χ0n) is 11.2. The van der Waals surface area contributed by atoms with Gasteiger partial charge in [0.1, 0.15) is 0 Å². The average Bonchev–Trinajstić information content (AvgIpc) is 2.93. The van der Waals surface area contributed by atoms with Crippen LogP contribution in [0.15, 0.2) is 29.2 Å². The van der Waals surface area contributed by atoms with E-state index in [-0.39, 0.29) is 11.8 Å². The van der Waals surface area contributed by atoms with Crippen molar-refractivity contribution in [1.82, 2.24) is 0 Å². The summed E-state index contributed by atoms with van der Waals surface area (Å²) < 4.78 is 0. The van der Waals surface area contributed by atoms with Gasteiger partial charge in [0.2, 0.25) is 5.91 Å². The van der Waals surface area contributed by atoms with Gasteiger partial charge in [-0.3, -0.25) is 4.79 Å². The van der Waals surface area contributed by atoms with Gasteiger partial charge < -0.3 is 5.32 Å². The Balaban J connectivity index is 1.88. The van der Waals surface area contributed by atoms with Crippen LogP contribution >= 0.6 is 23.4 Å². The maximum absolute atomic E-state index is 11.7. The van der Waals surface area contributed by atoms with Gasteiger partial charge in [0.05, 0.1) is 0 Å². The van der Waals surface area contributed by atoms with Crippen LogP contribution in [0.25, 0.3) is 0 Å². The summed E-state index contributed by atoms with van der Waals surface area (Å²) in [6.45, 7) is 1.83. The number of halogens is 1. The molecule has 2 rings (SSSR count). The molecule has 1 saturated carbocycles. The first-order valence-electron chi connectivity index (χ1n) is 6.82. The van der Waals surface area contributed by atoms with E-state index in [4.69, 9.17) is 11.6 Å². The number of anilines is 1. The van der Waals surface area contributed by atoms with Crippen molar-refractivity contribution >= 4 is 35.0 Å². The first kappa shape index (κ1) is 14.7. The van der Waals surface area contributed by atoms with E-state index in [0.717, 1.165) is 10.9 Å². The minimum atomic E-state index is -0.158. The molecule has 1 aromatic carbocycles. The van der Waals surface area contributed by atoms with Crippen molar-refractivity contribution in [2.75, 3.05) is 11.2 Å². The number of carbonyl (C=O) groups is 1. The van der Waals surface area contributed by atoms with Crippen LogP contribution in [0, 0.1) is 5.92 Å². The standard InChI is InChI=1S/C15H20ClNOS/c1-11(10-16)15(18)17-12-6-8-14(9-7-12)19-13-4-2-3-5-13/h6-9,11,13H,2-5,10H2,1H3,(H,17,18). The predicted octanol–water partition coefficient (Wildman–Crippen LogP) is 4.53. The van der Waals surface area contributed by atoms with E-state index in [1.165, 1.54) is 30.6 Å². The summed E-state index contributed by atoms with van der Waals surface area (Å²) in [6, 6.07) is 8.11. The van der Waals surface area contributed by atoms with Crippen molar-refractivity contribution in [3.8, 4) is 0 Å². The number of carbonyl (C=O) groups excluding carboxylic acids is 1. The molecular weight excluding hydrogens is 278 g/mol. The fraction of sp³-hybridized carbons (Fsp3) is 0.533. The molecule has 19 heavy (non-hydrogen) atoms. The molecule has 1 aliphatic rings. The Kier molecular flexibility index (Phi) is 5.59. The van der Waals surface area contributed by atoms with Crippen molar-refractivity contribution in [3.05, 3.63) is 24.3 Å². The van der Waals surface area contributed by atoms with Crippen molar-refractivity contribution in [3.63, 3.8) is 0 Å². The lowest BCUT2D eigenvalue weighted by atomic mass is 10.2. The Labute approximate surface area is 124 Å². The fourth-order valence-electron chi connectivity index (χ4n) is 2.15. The van der Waals surface area contributed by atoms with Crippen LogP contribution in [-0.4, -0.2) is 17.0 Å². The summed E-state index contributed by atoms with van der Waals surface area (Å²) in [7, 11) is 0. The van der Waals surface area contributed by atoms with Crippen LogP contribution in [0.4, 0.5) is 5.69 Å². The number of hydrogen-bond donors (Lipinski definition) is 1. The lowest BCUT2D eigenvalue weighted by Gasteiger charge is -2.11. The normalized spacial score (nSPS) is 17.4. The third-order valence-electron chi connectivity index (χ3n) is 3.41. The summed E-state index contributed by atoms with van der Waals surface area (Å²) in [5, 5.41) is 3.66. The second-order valence-corrected chi connectivity index (χ2v) is 6.78. The molecule has 1 N–H and O–H groups in total. The number of benzene rings is 1. The molecule has 2 nitrogen and oxygen atoms in total. The molecule has 104 valence electrons. The van der Waals surface area contributed by atoms with E-state index >= 15 is 0 Å². The molecule has 0 bridgehead atoms. The summed E-state index contributed by atoms with van der Waals surface area (Å²) in [5.74, 6) is 0.168. The highest BCUT2D eigenvalue weighted by molar-refractivity contribution is 8.00. The van der Waals surface area contributed by atoms with E-state index in [2.05, 4.69) is 17.4 Å². The van der Waals surface area contributed by atoms with E-state index in [9.17, 15) is 4.79 Å². The van der Waals surface area contributed by atoms with Gasteiger partial charge in [-0.05, 0) is 37.1 Å². The monoisotopic (exact) mass is 297 g/mol. The van der Waals surface area contributed by atoms with E-state index in [1.54, 1.807) is 0 Å². The minimum Gasteiger partial charge on any atom is -0.326 e. The third kappa shape index (κ3) is 4.43. The Hall–Kier alpha value is -0.670. The molecule has 0 radical (unpaired) electrons. The van der Waals surface area contributed by atoms with Gasteiger partial charge in [0.25, 0.3) is 0 Å². The summed E-state index contributed by atoms with van der Waals surface area (Å²) in [4.78, 5) is 13.0. The highest BCUT2D eigenvalue weighted by atomic mass is 35.5. The molecule has 1 aromatic rings. The van der Waals surface area contributed by atoms with E-state index in [1.807, 2.05) is 30.8 Å². The van der Waals surface area contributed by atoms with Crippen molar-refractivity contribution in [2.24, 2.45) is 5.92 Å². The maximum atomic E-state index is 11.7. The number of nitrogens with one attached hydrogen (secondary N) is 1. The Morgan fingerprint density at radius 1 is 1.37 bits per heavy atom. The lowest BCUT2D eigenvalue weighted by Crippen LogP contribution is -2.21. The number of hydrogen-bond acceptors (Lipinski definition) is 2. The zero-order chi connectivity index (χ0) is 13.7. The largest absolute Gasteiger partial charge is 0.326 e. The van der Waals surface area contributed by atoms with Crippen molar-refractivity contribution < 1.29 is 4.79 Å². The summed E-state index contributed by atoms with van der Waals surface area (Å²) >= 11 is 7.63. The van der Waals surface area contributed by atoms with Crippen molar-refractivity contribution in [1.29, 1.82) is 0 Å². The van der Waals surface area contributed by atoms with Crippen molar-refractivity contribution in [2.45, 2.75) is 42.8 Å². The predicted molar refractivity (Wildman–Crippen MR) is 83.1 cm³/mol. The van der Waals surface area contributed by atoms with Gasteiger partial charge in [0, 0.05) is 27.6 Å². The van der Waals surface area contributed by atoms with Gasteiger partial charge in [-0.1, -0.05) is 19.8 Å². The Morgan fingerprint density at radius 3 is 2.58 bits per heavy atom. The van der Waals surface area contributed by atoms with Crippen LogP contribution in [0.2, 0.25) is 0 Å². The SMILES string of the molecule is CC(CCl)C(=O)Nc1ccc(SC2CCCC2)cc1. The fourth-order valence-corrected chi connectivity index (χ4v) is 3.54. The maximum Gasteiger partial charge on any atom is 0.228 e. The first-order valence-corrected chi connectivity index (χ1v) is 8.24. The molecule has 1 unspecified atom stereocenters. The zero-order valence-corrected chi connectivity index (χ0v) is 12.8. The number of thioether (sulfide) groups is 1. The number of rotatable bonds is 5. The molecular formula is C15H20ClNOS. The summed E-state index contributed by atoms with van der Waals surface area (Å²) in [6.07, 6.45) is 5.39. The van der Waals surface area contributed by atoms with Crippen LogP contribution < -0.4 is 5.32 Å². The van der Waals surface area contributed by atoms with Crippen LogP contribution in [-0.2, 0) is 4.79 Å². The third-order valence-corrected chi connectivity index (χ3v) is 5.22. The van der Waals surface area contributed by atoms with Crippen LogP contribution in [0.1, 0.15) is 32.6 Å². The molecule has 0 aliphatic heterocycles. The summed E-state index contributed by atoms with van der Waals surface area (Å²) in [5.41, 5.74) is 0.845. The average molecular weight is 298 g/mol. The minimum absolute atomic E-state index is 0.0220. The smallest absolute Gasteiger partial charge is 0.228 e. The highest BCUT2D eigenvalue weighted by Gasteiger charge is 2.16. The molecule has 4 heteroatoms. The van der Waals surface area contributed by atoms with Gasteiger partial charge in [-0.2, -0.15) is 0 Å². The molecule has 1 fully saturated rings. The number of amides is 1. The quantitative estimate of drug-likeness (QED) is 0.809. The van der Waals surface area contributed by atoms with Crippen LogP contribution in [0.3, 0.4) is 0 Å². The lowest BCUT2D eigenvalue weighted by molar-refractivity contribution is -0.118. The molecule has 1 amide bonds. The molecule has 1 atom stereocenters. The molecule has 1 aliphatic carbocycles. The van der Waals surface area contributed by atoms with Gasteiger partial charge in [0.15, 0.2) is 0 Å². The highest BCUT2D eigenvalue weighted by Crippen LogP contribution is 2.34. The molecule has 0 spiro atoms. The van der Waals surface area contributed by atoms with Gasteiger partial charge >= 0.3 is 0 Å². The molecule has 0 saturated heterocycles. The Bertz CT molecular complexity index is 415. The van der Waals surface area contributed by atoms with E-state index < -0.39 is 0 Å². The van der Waals surface area contributed by atoms with Crippen LogP contribution in [0.5, 0.6) is 0 Å². The molecule has 0 heterocycles. The second-order valence-electron chi connectivity index (χ2n) is 5.09. The molecule has 0 aromatic heterocycles. The van der Waals surface area contributed by atoms with Gasteiger partial charge in [-0.25, -0.2) is 0 Å². The number of alkyl halides is 1. The topological polar surface area (TPSA) is 29.1 Å². The Morgan fingerprint density at radius 2 is 2.00 bits per heavy atom. The second kappa shape index (κ2) is 7.20.